The zero-order chi connectivity index (χ0) is 17.5. The molecule has 24 heavy (non-hydrogen) atoms. The van der Waals surface area contributed by atoms with Crippen LogP contribution < -0.4 is 0 Å². The van der Waals surface area contributed by atoms with E-state index >= 15 is 0 Å². The Balaban J connectivity index is 2.16. The highest BCUT2D eigenvalue weighted by atomic mass is 16.4. The Morgan fingerprint density at radius 1 is 1.04 bits per heavy atom. The summed E-state index contributed by atoms with van der Waals surface area (Å²) < 4.78 is 0. The molecule has 0 saturated carbocycles. The van der Waals surface area contributed by atoms with Gasteiger partial charge in [-0.25, -0.2) is 4.79 Å². The quantitative estimate of drug-likeness (QED) is 0.843. The van der Waals surface area contributed by atoms with Crippen LogP contribution in [0.3, 0.4) is 0 Å². The number of carbonyl (C=O) groups is 2. The second kappa shape index (κ2) is 8.29. The summed E-state index contributed by atoms with van der Waals surface area (Å²) in [7, 11) is 0. The van der Waals surface area contributed by atoms with Gasteiger partial charge in [0.05, 0.1) is 12.0 Å². The van der Waals surface area contributed by atoms with Gasteiger partial charge in [-0.05, 0) is 36.6 Å². The third kappa shape index (κ3) is 4.69. The summed E-state index contributed by atoms with van der Waals surface area (Å²) in [6, 6.07) is 16.6. The van der Waals surface area contributed by atoms with Gasteiger partial charge in [0, 0.05) is 12.6 Å². The first kappa shape index (κ1) is 17.7. The maximum absolute atomic E-state index is 12.8. The molecule has 0 aliphatic heterocycles. The molecule has 0 heterocycles. The molecule has 0 fully saturated rings. The van der Waals surface area contributed by atoms with Crippen molar-refractivity contribution in [2.75, 3.05) is 0 Å². The van der Waals surface area contributed by atoms with E-state index in [0.717, 1.165) is 17.5 Å². The number of carboxylic acid groups (broad SMARTS) is 1. The van der Waals surface area contributed by atoms with Crippen molar-refractivity contribution in [1.82, 2.24) is 4.90 Å². The number of carboxylic acids is 1. The van der Waals surface area contributed by atoms with Gasteiger partial charge in [-0.3, -0.25) is 4.79 Å². The standard InChI is InChI=1S/C20H23NO3/c1-3-15(2)21(14-16-8-5-4-6-9-16)19(22)13-17-10-7-11-18(12-17)20(23)24/h4-12,15H,3,13-14H2,1-2H3,(H,23,24). The van der Waals surface area contributed by atoms with E-state index in [1.54, 1.807) is 18.2 Å². The zero-order valence-corrected chi connectivity index (χ0v) is 14.1. The molecule has 0 aliphatic carbocycles. The predicted molar refractivity (Wildman–Crippen MR) is 93.9 cm³/mol. The van der Waals surface area contributed by atoms with Crippen molar-refractivity contribution in [2.24, 2.45) is 0 Å². The second-order valence-electron chi connectivity index (χ2n) is 5.95. The van der Waals surface area contributed by atoms with Gasteiger partial charge >= 0.3 is 5.97 Å². The van der Waals surface area contributed by atoms with Gasteiger partial charge in [-0.1, -0.05) is 49.4 Å². The first-order chi connectivity index (χ1) is 11.5. The van der Waals surface area contributed by atoms with E-state index in [1.165, 1.54) is 6.07 Å². The third-order valence-electron chi connectivity index (χ3n) is 4.17. The Hall–Kier alpha value is -2.62. The van der Waals surface area contributed by atoms with Crippen molar-refractivity contribution in [1.29, 1.82) is 0 Å². The Kier molecular flexibility index (Phi) is 6.13. The van der Waals surface area contributed by atoms with Crippen molar-refractivity contribution in [2.45, 2.75) is 39.3 Å². The number of benzene rings is 2. The summed E-state index contributed by atoms with van der Waals surface area (Å²) >= 11 is 0. The lowest BCUT2D eigenvalue weighted by Gasteiger charge is -2.29. The van der Waals surface area contributed by atoms with Crippen LogP contribution >= 0.6 is 0 Å². The summed E-state index contributed by atoms with van der Waals surface area (Å²) in [6.45, 7) is 4.66. The average Bonchev–Trinajstić information content (AvgIpc) is 2.60. The first-order valence-corrected chi connectivity index (χ1v) is 8.17. The lowest BCUT2D eigenvalue weighted by Crippen LogP contribution is -2.38. The van der Waals surface area contributed by atoms with E-state index in [9.17, 15) is 9.59 Å². The van der Waals surface area contributed by atoms with Crippen LogP contribution in [-0.4, -0.2) is 27.9 Å². The highest BCUT2D eigenvalue weighted by molar-refractivity contribution is 5.88. The lowest BCUT2D eigenvalue weighted by molar-refractivity contribution is -0.133. The minimum atomic E-state index is -0.979. The molecule has 0 bridgehead atoms. The molecule has 0 spiro atoms. The summed E-state index contributed by atoms with van der Waals surface area (Å²) in [5, 5.41) is 9.08. The molecular formula is C20H23NO3. The van der Waals surface area contributed by atoms with E-state index in [2.05, 4.69) is 6.92 Å². The molecular weight excluding hydrogens is 302 g/mol. The summed E-state index contributed by atoms with van der Waals surface area (Å²) in [4.78, 5) is 25.7. The molecule has 126 valence electrons. The first-order valence-electron chi connectivity index (χ1n) is 8.17. The van der Waals surface area contributed by atoms with Crippen molar-refractivity contribution in [3.8, 4) is 0 Å². The van der Waals surface area contributed by atoms with Crippen LogP contribution in [0.2, 0.25) is 0 Å². The van der Waals surface area contributed by atoms with Gasteiger partial charge < -0.3 is 10.0 Å². The molecule has 0 aliphatic rings. The van der Waals surface area contributed by atoms with E-state index in [-0.39, 0.29) is 23.9 Å². The van der Waals surface area contributed by atoms with Crippen LogP contribution in [0.15, 0.2) is 54.6 Å². The van der Waals surface area contributed by atoms with E-state index in [1.807, 2.05) is 42.2 Å². The minimum absolute atomic E-state index is 0.00995. The number of hydrogen-bond donors (Lipinski definition) is 1. The number of rotatable bonds is 7. The van der Waals surface area contributed by atoms with Crippen molar-refractivity contribution in [3.63, 3.8) is 0 Å². The molecule has 2 aromatic carbocycles. The van der Waals surface area contributed by atoms with Crippen LogP contribution in [0.1, 0.15) is 41.8 Å². The highest BCUT2D eigenvalue weighted by Gasteiger charge is 2.19. The molecule has 1 unspecified atom stereocenters. The largest absolute Gasteiger partial charge is 0.478 e. The fourth-order valence-electron chi connectivity index (χ4n) is 2.58. The molecule has 4 heteroatoms. The predicted octanol–water partition coefficient (Wildman–Crippen LogP) is 3.75. The summed E-state index contributed by atoms with van der Waals surface area (Å²) in [6.07, 6.45) is 1.08. The van der Waals surface area contributed by atoms with Gasteiger partial charge in [0.2, 0.25) is 5.91 Å². The number of amides is 1. The van der Waals surface area contributed by atoms with Crippen molar-refractivity contribution >= 4 is 11.9 Å². The molecule has 0 aromatic heterocycles. The topological polar surface area (TPSA) is 57.6 Å². The average molecular weight is 325 g/mol. The highest BCUT2D eigenvalue weighted by Crippen LogP contribution is 2.14. The number of hydrogen-bond acceptors (Lipinski definition) is 2. The van der Waals surface area contributed by atoms with Crippen LogP contribution in [0.4, 0.5) is 0 Å². The van der Waals surface area contributed by atoms with E-state index < -0.39 is 5.97 Å². The summed E-state index contributed by atoms with van der Waals surface area (Å²) in [5.41, 5.74) is 2.02. The molecule has 0 saturated heterocycles. The second-order valence-corrected chi connectivity index (χ2v) is 5.95. The third-order valence-corrected chi connectivity index (χ3v) is 4.17. The Bertz CT molecular complexity index is 697. The monoisotopic (exact) mass is 325 g/mol. The molecule has 1 N–H and O–H groups in total. The smallest absolute Gasteiger partial charge is 0.335 e. The Morgan fingerprint density at radius 3 is 2.33 bits per heavy atom. The molecule has 1 atom stereocenters. The van der Waals surface area contributed by atoms with E-state index in [0.29, 0.717) is 6.54 Å². The molecule has 1 amide bonds. The number of aromatic carboxylic acids is 1. The zero-order valence-electron chi connectivity index (χ0n) is 14.1. The van der Waals surface area contributed by atoms with E-state index in [4.69, 9.17) is 5.11 Å². The minimum Gasteiger partial charge on any atom is -0.478 e. The summed E-state index contributed by atoms with van der Waals surface area (Å²) in [5.74, 6) is -0.969. The Morgan fingerprint density at radius 2 is 1.71 bits per heavy atom. The van der Waals surface area contributed by atoms with Gasteiger partial charge in [0.25, 0.3) is 0 Å². The van der Waals surface area contributed by atoms with Gasteiger partial charge in [-0.15, -0.1) is 0 Å². The number of carbonyl (C=O) groups excluding carboxylic acids is 1. The van der Waals surface area contributed by atoms with Crippen LogP contribution in [-0.2, 0) is 17.8 Å². The van der Waals surface area contributed by atoms with Crippen LogP contribution in [0.5, 0.6) is 0 Å². The van der Waals surface area contributed by atoms with Crippen molar-refractivity contribution < 1.29 is 14.7 Å². The molecule has 2 aromatic rings. The van der Waals surface area contributed by atoms with Gasteiger partial charge in [-0.2, -0.15) is 0 Å². The normalized spacial score (nSPS) is 11.8. The lowest BCUT2D eigenvalue weighted by atomic mass is 10.1. The molecule has 0 radical (unpaired) electrons. The Labute approximate surface area is 142 Å². The van der Waals surface area contributed by atoms with Crippen molar-refractivity contribution in [3.05, 3.63) is 71.3 Å². The fourth-order valence-corrected chi connectivity index (χ4v) is 2.58. The van der Waals surface area contributed by atoms with Gasteiger partial charge in [0.15, 0.2) is 0 Å². The van der Waals surface area contributed by atoms with Gasteiger partial charge in [0.1, 0.15) is 0 Å². The maximum Gasteiger partial charge on any atom is 0.335 e. The fraction of sp³-hybridized carbons (Fsp3) is 0.300. The molecule has 4 nitrogen and oxygen atoms in total. The maximum atomic E-state index is 12.8. The van der Waals surface area contributed by atoms with Crippen LogP contribution in [0.25, 0.3) is 0 Å². The molecule has 2 rings (SSSR count). The number of nitrogens with zero attached hydrogens (tertiary/aromatic N) is 1. The van der Waals surface area contributed by atoms with Crippen LogP contribution in [0, 0.1) is 0 Å². The SMILES string of the molecule is CCC(C)N(Cc1ccccc1)C(=O)Cc1cccc(C(=O)O)c1.